The average molecular weight is 584 g/mol. The molecule has 3 fully saturated rings. The van der Waals surface area contributed by atoms with E-state index in [4.69, 9.17) is 9.72 Å². The van der Waals surface area contributed by atoms with Gasteiger partial charge in [-0.15, -0.1) is 11.3 Å². The highest BCUT2D eigenvalue weighted by Gasteiger charge is 2.33. The van der Waals surface area contributed by atoms with Crippen molar-refractivity contribution in [2.24, 2.45) is 22.7 Å². The van der Waals surface area contributed by atoms with Crippen LogP contribution in [0, 0.1) is 24.7 Å². The zero-order valence-electron chi connectivity index (χ0n) is 25.4. The van der Waals surface area contributed by atoms with Crippen LogP contribution in [0.4, 0.5) is 5.69 Å². The van der Waals surface area contributed by atoms with Crippen LogP contribution in [0.1, 0.15) is 92.2 Å². The summed E-state index contributed by atoms with van der Waals surface area (Å²) in [6.45, 7) is 2.94. The van der Waals surface area contributed by atoms with E-state index in [1.807, 2.05) is 24.6 Å². The predicted octanol–water partition coefficient (Wildman–Crippen LogP) is 8.82. The van der Waals surface area contributed by atoms with Gasteiger partial charge in [0.1, 0.15) is 5.75 Å². The molecular formula is C36H45N3O2S. The van der Waals surface area contributed by atoms with Crippen LogP contribution in [-0.4, -0.2) is 37.8 Å². The molecule has 0 bridgehead atoms. The molecule has 222 valence electrons. The summed E-state index contributed by atoms with van der Waals surface area (Å²) in [6.07, 6.45) is 15.3. The lowest BCUT2D eigenvalue weighted by molar-refractivity contribution is -0.123. The molecule has 1 aromatic heterocycles. The van der Waals surface area contributed by atoms with Crippen molar-refractivity contribution >= 4 is 29.1 Å². The smallest absolute Gasteiger partial charge is 0.230 e. The Balaban J connectivity index is 1.19. The molecule has 3 aliphatic rings. The van der Waals surface area contributed by atoms with E-state index in [1.54, 1.807) is 7.11 Å². The molecule has 3 aliphatic carbocycles. The van der Waals surface area contributed by atoms with Gasteiger partial charge in [-0.3, -0.25) is 4.79 Å². The SMILES string of the molecule is CN=CC1CCC(C(=O)N(CC2CCC(c3ccc(OC)c(C)c3)CC2)c2cccc(-c3cnc(C4CC4)s3)c2)CC1. The van der Waals surface area contributed by atoms with Gasteiger partial charge in [0.25, 0.3) is 0 Å². The molecule has 3 saturated carbocycles. The summed E-state index contributed by atoms with van der Waals surface area (Å²) in [6, 6.07) is 15.3. The van der Waals surface area contributed by atoms with Crippen molar-refractivity contribution in [1.82, 2.24) is 4.98 Å². The number of hydrogen-bond donors (Lipinski definition) is 0. The summed E-state index contributed by atoms with van der Waals surface area (Å²) in [5.74, 6) is 3.65. The van der Waals surface area contributed by atoms with Crippen LogP contribution in [0.25, 0.3) is 10.4 Å². The minimum Gasteiger partial charge on any atom is -0.496 e. The molecular weight excluding hydrogens is 538 g/mol. The van der Waals surface area contributed by atoms with Crippen LogP contribution in [0.5, 0.6) is 5.75 Å². The molecule has 0 aliphatic heterocycles. The van der Waals surface area contributed by atoms with Crippen molar-refractivity contribution < 1.29 is 9.53 Å². The van der Waals surface area contributed by atoms with Crippen LogP contribution in [-0.2, 0) is 4.79 Å². The predicted molar refractivity (Wildman–Crippen MR) is 174 cm³/mol. The van der Waals surface area contributed by atoms with E-state index < -0.39 is 0 Å². The molecule has 3 aromatic rings. The van der Waals surface area contributed by atoms with E-state index in [2.05, 4.69) is 65.5 Å². The van der Waals surface area contributed by atoms with Crippen LogP contribution in [0.2, 0.25) is 0 Å². The van der Waals surface area contributed by atoms with Gasteiger partial charge in [0, 0.05) is 43.5 Å². The van der Waals surface area contributed by atoms with Gasteiger partial charge < -0.3 is 14.6 Å². The van der Waals surface area contributed by atoms with Crippen LogP contribution >= 0.6 is 11.3 Å². The third-order valence-corrected chi connectivity index (χ3v) is 11.0. The Kier molecular flexibility index (Phi) is 9.09. The zero-order valence-corrected chi connectivity index (χ0v) is 26.2. The maximum Gasteiger partial charge on any atom is 0.230 e. The molecule has 2 aromatic carbocycles. The number of aryl methyl sites for hydroxylation is 1. The highest BCUT2D eigenvalue weighted by atomic mass is 32.1. The van der Waals surface area contributed by atoms with E-state index in [0.717, 1.165) is 56.5 Å². The van der Waals surface area contributed by atoms with Crippen molar-refractivity contribution in [2.75, 3.05) is 25.6 Å². The molecule has 0 spiro atoms. The third kappa shape index (κ3) is 6.64. The quantitative estimate of drug-likeness (QED) is 0.237. The van der Waals surface area contributed by atoms with Crippen LogP contribution in [0.15, 0.2) is 53.7 Å². The molecule has 0 unspecified atom stereocenters. The maximum atomic E-state index is 14.2. The second kappa shape index (κ2) is 13.1. The van der Waals surface area contributed by atoms with Gasteiger partial charge in [0.15, 0.2) is 0 Å². The van der Waals surface area contributed by atoms with Crippen molar-refractivity contribution in [3.63, 3.8) is 0 Å². The maximum absolute atomic E-state index is 14.2. The average Bonchev–Trinajstić information content (AvgIpc) is 3.76. The van der Waals surface area contributed by atoms with Gasteiger partial charge in [-0.2, -0.15) is 0 Å². The Morgan fingerprint density at radius 3 is 2.45 bits per heavy atom. The summed E-state index contributed by atoms with van der Waals surface area (Å²) in [5, 5.41) is 1.26. The van der Waals surface area contributed by atoms with Crippen molar-refractivity contribution in [1.29, 1.82) is 0 Å². The van der Waals surface area contributed by atoms with Gasteiger partial charge >= 0.3 is 0 Å². The largest absolute Gasteiger partial charge is 0.496 e. The number of ether oxygens (including phenoxy) is 1. The number of nitrogens with zero attached hydrogens (tertiary/aromatic N) is 3. The number of thiazole rings is 1. The van der Waals surface area contributed by atoms with Gasteiger partial charge in [-0.25, -0.2) is 4.98 Å². The fourth-order valence-electron chi connectivity index (χ4n) is 7.13. The molecule has 1 amide bonds. The number of aromatic nitrogens is 1. The normalized spacial score (nSPS) is 24.5. The number of anilines is 1. The molecule has 0 radical (unpaired) electrons. The summed E-state index contributed by atoms with van der Waals surface area (Å²) in [4.78, 5) is 26.6. The minimum absolute atomic E-state index is 0.0960. The second-order valence-electron chi connectivity index (χ2n) is 12.8. The first-order valence-electron chi connectivity index (χ1n) is 16.0. The first-order valence-corrected chi connectivity index (χ1v) is 16.8. The van der Waals surface area contributed by atoms with E-state index in [9.17, 15) is 4.79 Å². The highest BCUT2D eigenvalue weighted by molar-refractivity contribution is 7.15. The number of amides is 1. The lowest BCUT2D eigenvalue weighted by Gasteiger charge is -2.36. The molecule has 6 heteroatoms. The second-order valence-corrected chi connectivity index (χ2v) is 13.9. The number of aliphatic imine (C=N–C) groups is 1. The van der Waals surface area contributed by atoms with Crippen molar-refractivity contribution in [2.45, 2.75) is 83.0 Å². The summed E-state index contributed by atoms with van der Waals surface area (Å²) in [5.41, 5.74) is 4.86. The third-order valence-electron chi connectivity index (χ3n) is 9.82. The minimum atomic E-state index is 0.0960. The number of hydrogen-bond acceptors (Lipinski definition) is 5. The van der Waals surface area contributed by atoms with Gasteiger partial charge in [-0.05, 0) is 124 Å². The number of rotatable bonds is 9. The molecule has 0 atom stereocenters. The van der Waals surface area contributed by atoms with Crippen molar-refractivity contribution in [3.8, 4) is 16.2 Å². The van der Waals surface area contributed by atoms with Gasteiger partial charge in [0.05, 0.1) is 17.0 Å². The van der Waals surface area contributed by atoms with Gasteiger partial charge in [0.2, 0.25) is 5.91 Å². The molecule has 0 saturated heterocycles. The number of methoxy groups -OCH3 is 1. The molecule has 0 N–H and O–H groups in total. The zero-order chi connectivity index (χ0) is 29.1. The standard InChI is InChI=1S/C36H45N3O2S/c1-24-19-30(17-18-33(24)41-3)27-11-9-26(10-12-27)23-39(36(40)29-13-7-25(8-14-29)21-37-2)32-6-4-5-31(20-32)34-22-38-35(42-34)28-15-16-28/h4-6,17-22,25-29H,7-16,23H2,1-3H3. The van der Waals surface area contributed by atoms with E-state index in [0.29, 0.717) is 29.6 Å². The lowest BCUT2D eigenvalue weighted by atomic mass is 9.77. The fraction of sp³-hybridized carbons (Fsp3) is 0.528. The first kappa shape index (κ1) is 29.1. The fourth-order valence-corrected chi connectivity index (χ4v) is 8.21. The number of carbonyl (C=O) groups is 1. The summed E-state index contributed by atoms with van der Waals surface area (Å²) < 4.78 is 5.48. The van der Waals surface area contributed by atoms with E-state index >= 15 is 0 Å². The Morgan fingerprint density at radius 2 is 1.76 bits per heavy atom. The monoisotopic (exact) mass is 583 g/mol. The highest BCUT2D eigenvalue weighted by Crippen LogP contribution is 2.44. The van der Waals surface area contributed by atoms with E-state index in [-0.39, 0.29) is 5.92 Å². The van der Waals surface area contributed by atoms with E-state index in [1.165, 1.54) is 52.3 Å². The Bertz CT molecular complexity index is 1390. The lowest BCUT2D eigenvalue weighted by Crippen LogP contribution is -2.41. The summed E-state index contributed by atoms with van der Waals surface area (Å²) in [7, 11) is 3.59. The Hall–Kier alpha value is -2.99. The van der Waals surface area contributed by atoms with Crippen LogP contribution in [0.3, 0.4) is 0 Å². The topological polar surface area (TPSA) is 54.8 Å². The first-order chi connectivity index (χ1) is 20.5. The number of carbonyl (C=O) groups excluding carboxylic acids is 1. The number of benzene rings is 2. The summed E-state index contributed by atoms with van der Waals surface area (Å²) >= 11 is 1.82. The van der Waals surface area contributed by atoms with Crippen molar-refractivity contribution in [3.05, 3.63) is 64.8 Å². The Morgan fingerprint density at radius 1 is 1.00 bits per heavy atom. The molecule has 6 rings (SSSR count). The van der Waals surface area contributed by atoms with Crippen LogP contribution < -0.4 is 9.64 Å². The molecule has 42 heavy (non-hydrogen) atoms. The van der Waals surface area contributed by atoms with Gasteiger partial charge in [-0.1, -0.05) is 24.3 Å². The molecule has 5 nitrogen and oxygen atoms in total. The molecule has 1 heterocycles. The Labute approximate surface area is 255 Å².